The molecular weight excluding hydrogens is 285 g/mol. The topological polar surface area (TPSA) is 60.2 Å². The number of anilines is 1. The summed E-state index contributed by atoms with van der Waals surface area (Å²) in [5.74, 6) is 0.922. The van der Waals surface area contributed by atoms with Crippen LogP contribution in [0.25, 0.3) is 11.5 Å². The molecular formula is C16H14FN3O2. The SMILES string of the molecule is COc1ccc(-c2nnc(NCc3ccc(F)cc3)o2)cc1. The number of methoxy groups -OCH3 is 1. The van der Waals surface area contributed by atoms with Crippen LogP contribution in [0.5, 0.6) is 5.75 Å². The number of nitrogens with zero attached hydrogens (tertiary/aromatic N) is 2. The Morgan fingerprint density at radius 3 is 2.45 bits per heavy atom. The molecule has 0 fully saturated rings. The van der Waals surface area contributed by atoms with Gasteiger partial charge in [-0.1, -0.05) is 17.2 Å². The summed E-state index contributed by atoms with van der Waals surface area (Å²) in [7, 11) is 1.61. The van der Waals surface area contributed by atoms with Gasteiger partial charge in [0.2, 0.25) is 5.89 Å². The number of aromatic nitrogens is 2. The fourth-order valence-corrected chi connectivity index (χ4v) is 1.92. The third-order valence-corrected chi connectivity index (χ3v) is 3.12. The smallest absolute Gasteiger partial charge is 0.316 e. The summed E-state index contributed by atoms with van der Waals surface area (Å²) in [6.07, 6.45) is 0. The summed E-state index contributed by atoms with van der Waals surface area (Å²) < 4.78 is 23.5. The number of hydrogen-bond acceptors (Lipinski definition) is 5. The molecule has 0 saturated heterocycles. The van der Waals surface area contributed by atoms with Crippen molar-refractivity contribution in [3.63, 3.8) is 0 Å². The zero-order valence-electron chi connectivity index (χ0n) is 11.9. The highest BCUT2D eigenvalue weighted by molar-refractivity contribution is 5.54. The highest BCUT2D eigenvalue weighted by Gasteiger charge is 2.08. The Kier molecular flexibility index (Phi) is 4.00. The van der Waals surface area contributed by atoms with E-state index in [-0.39, 0.29) is 5.82 Å². The second-order valence-corrected chi connectivity index (χ2v) is 4.62. The number of halogens is 1. The Hall–Kier alpha value is -2.89. The van der Waals surface area contributed by atoms with Gasteiger partial charge in [0.15, 0.2) is 0 Å². The van der Waals surface area contributed by atoms with Gasteiger partial charge in [0, 0.05) is 12.1 Å². The molecule has 0 saturated carbocycles. The predicted molar refractivity (Wildman–Crippen MR) is 80.0 cm³/mol. The van der Waals surface area contributed by atoms with Gasteiger partial charge in [-0.15, -0.1) is 5.10 Å². The van der Waals surface area contributed by atoms with Gasteiger partial charge in [0.25, 0.3) is 0 Å². The monoisotopic (exact) mass is 299 g/mol. The number of ether oxygens (including phenoxy) is 1. The minimum absolute atomic E-state index is 0.261. The molecule has 0 amide bonds. The summed E-state index contributed by atoms with van der Waals surface area (Å²) in [6, 6.07) is 13.9. The van der Waals surface area contributed by atoms with Crippen molar-refractivity contribution in [2.24, 2.45) is 0 Å². The van der Waals surface area contributed by atoms with Crippen molar-refractivity contribution in [1.29, 1.82) is 0 Å². The van der Waals surface area contributed by atoms with E-state index in [1.807, 2.05) is 24.3 Å². The molecule has 0 aliphatic rings. The average Bonchev–Trinajstić information content (AvgIpc) is 3.03. The standard InChI is InChI=1S/C16H14FN3O2/c1-21-14-8-4-12(5-9-14)15-19-20-16(22-15)18-10-11-2-6-13(17)7-3-11/h2-9H,10H2,1H3,(H,18,20). The molecule has 22 heavy (non-hydrogen) atoms. The Bertz CT molecular complexity index is 739. The van der Waals surface area contributed by atoms with Gasteiger partial charge in [0.1, 0.15) is 11.6 Å². The molecule has 0 radical (unpaired) electrons. The lowest BCUT2D eigenvalue weighted by Gasteiger charge is -2.01. The van der Waals surface area contributed by atoms with Crippen molar-refractivity contribution in [2.75, 3.05) is 12.4 Å². The zero-order valence-corrected chi connectivity index (χ0v) is 11.9. The quantitative estimate of drug-likeness (QED) is 0.781. The first kappa shape index (κ1) is 14.1. The molecule has 2 aromatic carbocycles. The van der Waals surface area contributed by atoms with E-state index in [1.54, 1.807) is 19.2 Å². The maximum absolute atomic E-state index is 12.8. The number of nitrogens with one attached hydrogen (secondary N) is 1. The Balaban J connectivity index is 1.66. The molecule has 1 aromatic heterocycles. The van der Waals surface area contributed by atoms with Crippen LogP contribution in [0, 0.1) is 5.82 Å². The lowest BCUT2D eigenvalue weighted by molar-refractivity contribution is 0.415. The summed E-state index contributed by atoms with van der Waals surface area (Å²) in [5.41, 5.74) is 1.73. The van der Waals surface area contributed by atoms with Gasteiger partial charge >= 0.3 is 6.01 Å². The van der Waals surface area contributed by atoms with Crippen molar-refractivity contribution in [3.05, 3.63) is 59.9 Å². The van der Waals surface area contributed by atoms with E-state index < -0.39 is 0 Å². The molecule has 0 unspecified atom stereocenters. The maximum Gasteiger partial charge on any atom is 0.316 e. The van der Waals surface area contributed by atoms with Crippen molar-refractivity contribution in [2.45, 2.75) is 6.54 Å². The summed E-state index contributed by atoms with van der Waals surface area (Å²) >= 11 is 0. The molecule has 0 bridgehead atoms. The maximum atomic E-state index is 12.8. The zero-order chi connectivity index (χ0) is 15.4. The molecule has 0 aliphatic carbocycles. The van der Waals surface area contributed by atoms with E-state index in [1.165, 1.54) is 12.1 Å². The third-order valence-electron chi connectivity index (χ3n) is 3.12. The Morgan fingerprint density at radius 1 is 1.05 bits per heavy atom. The molecule has 5 nitrogen and oxygen atoms in total. The van der Waals surface area contributed by atoms with Gasteiger partial charge in [-0.2, -0.15) is 0 Å². The molecule has 3 aromatic rings. The highest BCUT2D eigenvalue weighted by Crippen LogP contribution is 2.22. The molecule has 1 heterocycles. The van der Waals surface area contributed by atoms with E-state index in [2.05, 4.69) is 15.5 Å². The number of rotatable bonds is 5. The average molecular weight is 299 g/mol. The lowest BCUT2D eigenvalue weighted by Crippen LogP contribution is -1.99. The largest absolute Gasteiger partial charge is 0.497 e. The van der Waals surface area contributed by atoms with Crippen LogP contribution in [0.1, 0.15) is 5.56 Å². The van der Waals surface area contributed by atoms with E-state index in [4.69, 9.17) is 9.15 Å². The molecule has 6 heteroatoms. The van der Waals surface area contributed by atoms with Crippen LogP contribution in [0.3, 0.4) is 0 Å². The molecule has 112 valence electrons. The third kappa shape index (κ3) is 3.22. The van der Waals surface area contributed by atoms with Gasteiger partial charge in [-0.3, -0.25) is 0 Å². The molecule has 0 aliphatic heterocycles. The first-order valence-electron chi connectivity index (χ1n) is 6.71. The van der Waals surface area contributed by atoms with Crippen LogP contribution in [0.15, 0.2) is 52.9 Å². The van der Waals surface area contributed by atoms with Gasteiger partial charge in [0.05, 0.1) is 7.11 Å². The second-order valence-electron chi connectivity index (χ2n) is 4.62. The highest BCUT2D eigenvalue weighted by atomic mass is 19.1. The van der Waals surface area contributed by atoms with Gasteiger partial charge < -0.3 is 14.5 Å². The van der Waals surface area contributed by atoms with E-state index in [0.29, 0.717) is 18.5 Å². The van der Waals surface area contributed by atoms with Crippen LogP contribution in [-0.4, -0.2) is 17.3 Å². The van der Waals surface area contributed by atoms with Gasteiger partial charge in [-0.25, -0.2) is 4.39 Å². The summed E-state index contributed by atoms with van der Waals surface area (Å²) in [6.45, 7) is 0.477. The van der Waals surface area contributed by atoms with Crippen LogP contribution in [-0.2, 0) is 6.54 Å². The van der Waals surface area contributed by atoms with Crippen molar-refractivity contribution < 1.29 is 13.5 Å². The second kappa shape index (κ2) is 6.26. The van der Waals surface area contributed by atoms with Crippen LogP contribution in [0.4, 0.5) is 10.4 Å². The normalized spacial score (nSPS) is 10.5. The predicted octanol–water partition coefficient (Wildman–Crippen LogP) is 3.50. The minimum atomic E-state index is -0.261. The first-order chi connectivity index (χ1) is 10.7. The molecule has 3 rings (SSSR count). The Labute approximate surface area is 126 Å². The first-order valence-corrected chi connectivity index (χ1v) is 6.71. The Morgan fingerprint density at radius 2 is 1.77 bits per heavy atom. The van der Waals surface area contributed by atoms with Crippen molar-refractivity contribution >= 4 is 6.01 Å². The van der Waals surface area contributed by atoms with E-state index in [0.717, 1.165) is 16.9 Å². The van der Waals surface area contributed by atoms with Gasteiger partial charge in [-0.05, 0) is 42.0 Å². The molecule has 1 N–H and O–H groups in total. The number of hydrogen-bond donors (Lipinski definition) is 1. The van der Waals surface area contributed by atoms with Crippen LogP contribution < -0.4 is 10.1 Å². The summed E-state index contributed by atoms with van der Waals surface area (Å²) in [4.78, 5) is 0. The van der Waals surface area contributed by atoms with Crippen LogP contribution in [0.2, 0.25) is 0 Å². The lowest BCUT2D eigenvalue weighted by atomic mass is 10.2. The molecule has 0 spiro atoms. The molecule has 0 atom stereocenters. The van der Waals surface area contributed by atoms with Crippen LogP contribution >= 0.6 is 0 Å². The minimum Gasteiger partial charge on any atom is -0.497 e. The van der Waals surface area contributed by atoms with E-state index >= 15 is 0 Å². The fraction of sp³-hybridized carbons (Fsp3) is 0.125. The van der Waals surface area contributed by atoms with E-state index in [9.17, 15) is 4.39 Å². The fourth-order valence-electron chi connectivity index (χ4n) is 1.92. The van der Waals surface area contributed by atoms with Crippen molar-refractivity contribution in [3.8, 4) is 17.2 Å². The van der Waals surface area contributed by atoms with Crippen molar-refractivity contribution in [1.82, 2.24) is 10.2 Å². The number of benzene rings is 2. The summed E-state index contributed by atoms with van der Waals surface area (Å²) in [5, 5.41) is 10.9.